The maximum atomic E-state index is 12.3. The number of benzene rings is 3. The van der Waals surface area contributed by atoms with Crippen molar-refractivity contribution in [1.82, 2.24) is 10.9 Å². The van der Waals surface area contributed by atoms with Crippen molar-refractivity contribution in [3.05, 3.63) is 71.8 Å². The van der Waals surface area contributed by atoms with Crippen LogP contribution in [-0.4, -0.2) is 17.1 Å². The lowest BCUT2D eigenvalue weighted by molar-refractivity contribution is -0.127. The van der Waals surface area contributed by atoms with Crippen molar-refractivity contribution in [3.8, 4) is 5.75 Å². The van der Waals surface area contributed by atoms with Gasteiger partial charge in [-0.1, -0.05) is 36.4 Å². The molecule has 6 heteroatoms. The van der Waals surface area contributed by atoms with Crippen molar-refractivity contribution in [3.63, 3.8) is 0 Å². The quantitative estimate of drug-likeness (QED) is 0.457. The van der Waals surface area contributed by atoms with E-state index in [-0.39, 0.29) is 5.91 Å². The van der Waals surface area contributed by atoms with E-state index >= 15 is 0 Å². The number of amides is 1. The summed E-state index contributed by atoms with van der Waals surface area (Å²) in [7, 11) is 0. The van der Waals surface area contributed by atoms with Crippen molar-refractivity contribution in [2.45, 2.75) is 26.9 Å². The third kappa shape index (κ3) is 4.98. The topological polar surface area (TPSA) is 62.4 Å². The number of carbonyl (C=O) groups is 1. The van der Waals surface area contributed by atoms with E-state index < -0.39 is 6.10 Å². The number of aryl methyl sites for hydroxylation is 2. The van der Waals surface area contributed by atoms with Gasteiger partial charge in [0.1, 0.15) is 5.75 Å². The Bertz CT molecular complexity index is 1020. The number of thiocarbonyl (C=S) groups is 1. The number of nitrogens with one attached hydrogen (secondary N) is 3. The van der Waals surface area contributed by atoms with E-state index in [1.54, 1.807) is 6.92 Å². The summed E-state index contributed by atoms with van der Waals surface area (Å²) in [6, 6.07) is 19.7. The van der Waals surface area contributed by atoms with Gasteiger partial charge in [0, 0.05) is 5.69 Å². The molecule has 0 spiro atoms. The molecular formula is C22H23N3O2S. The number of anilines is 1. The van der Waals surface area contributed by atoms with E-state index in [0.717, 1.165) is 22.0 Å². The summed E-state index contributed by atoms with van der Waals surface area (Å²) >= 11 is 5.22. The molecule has 5 nitrogen and oxygen atoms in total. The van der Waals surface area contributed by atoms with Gasteiger partial charge in [0.25, 0.3) is 5.91 Å². The van der Waals surface area contributed by atoms with Crippen molar-refractivity contribution in [2.24, 2.45) is 0 Å². The lowest BCUT2D eigenvalue weighted by Crippen LogP contribution is -2.48. The predicted octanol–water partition coefficient (Wildman–Crippen LogP) is 4.24. The molecular weight excluding hydrogens is 370 g/mol. The second-order valence-electron chi connectivity index (χ2n) is 6.64. The van der Waals surface area contributed by atoms with Crippen LogP contribution in [0.2, 0.25) is 0 Å². The summed E-state index contributed by atoms with van der Waals surface area (Å²) in [6.45, 7) is 5.77. The molecule has 0 bridgehead atoms. The molecule has 28 heavy (non-hydrogen) atoms. The Labute approximate surface area is 170 Å². The summed E-state index contributed by atoms with van der Waals surface area (Å²) in [5.41, 5.74) is 8.49. The minimum absolute atomic E-state index is 0.300. The zero-order chi connectivity index (χ0) is 20.1. The van der Waals surface area contributed by atoms with Crippen LogP contribution in [0.1, 0.15) is 18.1 Å². The average Bonchev–Trinajstić information content (AvgIpc) is 2.69. The molecule has 0 fully saturated rings. The molecule has 0 unspecified atom stereocenters. The van der Waals surface area contributed by atoms with Gasteiger partial charge in [-0.25, -0.2) is 0 Å². The van der Waals surface area contributed by atoms with Gasteiger partial charge in [0.15, 0.2) is 11.2 Å². The van der Waals surface area contributed by atoms with Gasteiger partial charge < -0.3 is 10.1 Å². The summed E-state index contributed by atoms with van der Waals surface area (Å²) in [5, 5.41) is 5.52. The van der Waals surface area contributed by atoms with Crippen LogP contribution in [0, 0.1) is 13.8 Å². The SMILES string of the molecule is Cc1ccc(NC(=S)NNC(=O)[C@@H](C)Oc2ccc3ccccc3c2)cc1C. The smallest absolute Gasteiger partial charge is 0.279 e. The second-order valence-corrected chi connectivity index (χ2v) is 7.04. The van der Waals surface area contributed by atoms with Crippen LogP contribution in [0.25, 0.3) is 10.8 Å². The molecule has 3 aromatic carbocycles. The van der Waals surface area contributed by atoms with Crippen LogP contribution in [0.5, 0.6) is 5.75 Å². The highest BCUT2D eigenvalue weighted by molar-refractivity contribution is 7.80. The molecule has 0 aliphatic carbocycles. The Morgan fingerprint density at radius 1 is 0.929 bits per heavy atom. The molecule has 0 saturated heterocycles. The lowest BCUT2D eigenvalue weighted by Gasteiger charge is -2.17. The zero-order valence-corrected chi connectivity index (χ0v) is 16.9. The Morgan fingerprint density at radius 2 is 1.68 bits per heavy atom. The monoisotopic (exact) mass is 393 g/mol. The van der Waals surface area contributed by atoms with Gasteiger partial charge in [-0.2, -0.15) is 0 Å². The average molecular weight is 394 g/mol. The molecule has 0 aliphatic rings. The van der Waals surface area contributed by atoms with Gasteiger partial charge in [-0.3, -0.25) is 15.6 Å². The highest BCUT2D eigenvalue weighted by atomic mass is 32.1. The molecule has 0 saturated carbocycles. The highest BCUT2D eigenvalue weighted by Crippen LogP contribution is 2.21. The van der Waals surface area contributed by atoms with Crippen molar-refractivity contribution >= 4 is 39.7 Å². The Balaban J connectivity index is 1.51. The molecule has 0 aromatic heterocycles. The fourth-order valence-corrected chi connectivity index (χ4v) is 2.87. The number of carbonyl (C=O) groups excluding carboxylic acids is 1. The third-order valence-corrected chi connectivity index (χ3v) is 4.67. The molecule has 0 radical (unpaired) electrons. The summed E-state index contributed by atoms with van der Waals surface area (Å²) < 4.78 is 5.75. The van der Waals surface area contributed by atoms with Crippen molar-refractivity contribution in [2.75, 3.05) is 5.32 Å². The highest BCUT2D eigenvalue weighted by Gasteiger charge is 2.15. The molecule has 3 N–H and O–H groups in total. The molecule has 144 valence electrons. The second kappa shape index (κ2) is 8.71. The zero-order valence-electron chi connectivity index (χ0n) is 16.1. The molecule has 3 aromatic rings. The predicted molar refractivity (Wildman–Crippen MR) is 117 cm³/mol. The number of hydrogen-bond acceptors (Lipinski definition) is 3. The maximum Gasteiger partial charge on any atom is 0.279 e. The number of ether oxygens (including phenoxy) is 1. The van der Waals surface area contributed by atoms with E-state index in [2.05, 4.69) is 16.2 Å². The minimum atomic E-state index is -0.682. The van der Waals surface area contributed by atoms with Crippen LogP contribution < -0.4 is 20.9 Å². The first-order chi connectivity index (χ1) is 13.4. The largest absolute Gasteiger partial charge is 0.481 e. The first kappa shape index (κ1) is 19.6. The van der Waals surface area contributed by atoms with Gasteiger partial charge >= 0.3 is 0 Å². The molecule has 1 amide bonds. The Morgan fingerprint density at radius 3 is 2.43 bits per heavy atom. The van der Waals surface area contributed by atoms with Gasteiger partial charge in [0.2, 0.25) is 0 Å². The third-order valence-electron chi connectivity index (χ3n) is 4.47. The standard InChI is InChI=1S/C22H23N3O2S/c1-14-8-10-19(12-15(14)2)23-22(28)25-24-21(26)16(3)27-20-11-9-17-6-4-5-7-18(17)13-20/h4-13,16H,1-3H3,(H,24,26)(H2,23,25,28)/t16-/m1/s1. The fraction of sp³-hybridized carbons (Fsp3) is 0.182. The van der Waals surface area contributed by atoms with E-state index in [0.29, 0.717) is 10.9 Å². The molecule has 1 atom stereocenters. The first-order valence-corrected chi connectivity index (χ1v) is 9.43. The summed E-state index contributed by atoms with van der Waals surface area (Å²) in [4.78, 5) is 12.3. The number of rotatable bonds is 4. The van der Waals surface area contributed by atoms with E-state index in [1.165, 1.54) is 5.56 Å². The fourth-order valence-electron chi connectivity index (χ4n) is 2.70. The number of hydrazine groups is 1. The van der Waals surface area contributed by atoms with Crippen LogP contribution >= 0.6 is 12.2 Å². The van der Waals surface area contributed by atoms with Crippen molar-refractivity contribution < 1.29 is 9.53 Å². The van der Waals surface area contributed by atoms with Crippen LogP contribution in [0.4, 0.5) is 5.69 Å². The summed E-state index contributed by atoms with van der Waals surface area (Å²) in [5.74, 6) is 0.314. The van der Waals surface area contributed by atoms with Gasteiger partial charge in [-0.15, -0.1) is 0 Å². The van der Waals surface area contributed by atoms with Crippen LogP contribution in [-0.2, 0) is 4.79 Å². The number of fused-ring (bicyclic) bond motifs is 1. The first-order valence-electron chi connectivity index (χ1n) is 9.02. The lowest BCUT2D eigenvalue weighted by atomic mass is 10.1. The minimum Gasteiger partial charge on any atom is -0.481 e. The van der Waals surface area contributed by atoms with E-state index in [1.807, 2.05) is 74.5 Å². The van der Waals surface area contributed by atoms with Gasteiger partial charge in [-0.05, 0) is 79.2 Å². The van der Waals surface area contributed by atoms with Crippen LogP contribution in [0.3, 0.4) is 0 Å². The molecule has 0 aliphatic heterocycles. The van der Waals surface area contributed by atoms with Crippen LogP contribution in [0.15, 0.2) is 60.7 Å². The molecule has 0 heterocycles. The van der Waals surface area contributed by atoms with E-state index in [4.69, 9.17) is 17.0 Å². The molecule has 3 rings (SSSR count). The normalized spacial score (nSPS) is 11.5. The van der Waals surface area contributed by atoms with Crippen molar-refractivity contribution in [1.29, 1.82) is 0 Å². The van der Waals surface area contributed by atoms with Gasteiger partial charge in [0.05, 0.1) is 0 Å². The number of hydrogen-bond donors (Lipinski definition) is 3. The Kier molecular flexibility index (Phi) is 6.11. The van der Waals surface area contributed by atoms with E-state index in [9.17, 15) is 4.79 Å². The summed E-state index contributed by atoms with van der Waals surface area (Å²) in [6.07, 6.45) is -0.682. The maximum absolute atomic E-state index is 12.3. The Hall–Kier alpha value is -3.12.